The van der Waals surface area contributed by atoms with Gasteiger partial charge in [0.25, 0.3) is 0 Å². The Morgan fingerprint density at radius 2 is 2.06 bits per heavy atom. The van der Waals surface area contributed by atoms with Gasteiger partial charge < -0.3 is 14.9 Å². The predicted octanol–water partition coefficient (Wildman–Crippen LogP) is 1.89. The first-order valence-corrected chi connectivity index (χ1v) is 5.70. The summed E-state index contributed by atoms with van der Waals surface area (Å²) < 4.78 is 5.73. The number of ether oxygens (including phenoxy) is 1. The summed E-state index contributed by atoms with van der Waals surface area (Å²) in [7, 11) is 0. The summed E-state index contributed by atoms with van der Waals surface area (Å²) >= 11 is 0. The van der Waals surface area contributed by atoms with Gasteiger partial charge in [-0.05, 0) is 18.9 Å². The molecule has 0 heterocycles. The SMILES string of the molecule is C=CC[C@](C)(OCc1ccccc1)[C@H](O)CO. The second-order valence-corrected chi connectivity index (χ2v) is 4.28. The van der Waals surface area contributed by atoms with Gasteiger partial charge in [-0.15, -0.1) is 6.58 Å². The first-order valence-electron chi connectivity index (χ1n) is 5.70. The largest absolute Gasteiger partial charge is 0.394 e. The van der Waals surface area contributed by atoms with Crippen LogP contribution < -0.4 is 0 Å². The fraction of sp³-hybridized carbons (Fsp3) is 0.429. The number of hydrogen-bond acceptors (Lipinski definition) is 3. The quantitative estimate of drug-likeness (QED) is 0.711. The summed E-state index contributed by atoms with van der Waals surface area (Å²) in [6, 6.07) is 9.73. The van der Waals surface area contributed by atoms with Crippen LogP contribution in [0.5, 0.6) is 0 Å². The number of aliphatic hydroxyl groups excluding tert-OH is 2. The highest BCUT2D eigenvalue weighted by molar-refractivity contribution is 5.13. The van der Waals surface area contributed by atoms with Gasteiger partial charge in [-0.3, -0.25) is 0 Å². The van der Waals surface area contributed by atoms with Crippen LogP contribution in [0.2, 0.25) is 0 Å². The van der Waals surface area contributed by atoms with Gasteiger partial charge in [-0.25, -0.2) is 0 Å². The topological polar surface area (TPSA) is 49.7 Å². The van der Waals surface area contributed by atoms with Crippen LogP contribution in [0, 0.1) is 0 Å². The lowest BCUT2D eigenvalue weighted by Crippen LogP contribution is -2.43. The van der Waals surface area contributed by atoms with Crippen LogP contribution in [0.1, 0.15) is 18.9 Å². The average molecular weight is 236 g/mol. The third-order valence-corrected chi connectivity index (χ3v) is 2.84. The zero-order chi connectivity index (χ0) is 12.7. The highest BCUT2D eigenvalue weighted by Gasteiger charge is 2.32. The van der Waals surface area contributed by atoms with Crippen LogP contribution in [0.15, 0.2) is 43.0 Å². The van der Waals surface area contributed by atoms with E-state index in [1.165, 1.54) is 0 Å². The first kappa shape index (κ1) is 13.9. The molecule has 0 saturated heterocycles. The second kappa shape index (κ2) is 6.55. The molecule has 0 aromatic heterocycles. The second-order valence-electron chi connectivity index (χ2n) is 4.28. The van der Waals surface area contributed by atoms with Gasteiger partial charge in [0.15, 0.2) is 0 Å². The van der Waals surface area contributed by atoms with Crippen molar-refractivity contribution < 1.29 is 14.9 Å². The van der Waals surface area contributed by atoms with Gasteiger partial charge in [-0.1, -0.05) is 36.4 Å². The van der Waals surface area contributed by atoms with E-state index >= 15 is 0 Å². The lowest BCUT2D eigenvalue weighted by atomic mass is 9.95. The van der Waals surface area contributed by atoms with Gasteiger partial charge in [0.1, 0.15) is 6.10 Å². The van der Waals surface area contributed by atoms with Crippen molar-refractivity contribution in [1.29, 1.82) is 0 Å². The molecule has 0 saturated carbocycles. The minimum atomic E-state index is -0.913. The Bertz CT molecular complexity index is 337. The maximum absolute atomic E-state index is 9.76. The van der Waals surface area contributed by atoms with E-state index in [9.17, 15) is 5.11 Å². The molecule has 0 unspecified atom stereocenters. The van der Waals surface area contributed by atoms with Crippen LogP contribution in [-0.2, 0) is 11.3 Å². The molecule has 0 aliphatic heterocycles. The molecule has 3 heteroatoms. The maximum Gasteiger partial charge on any atom is 0.106 e. The molecular weight excluding hydrogens is 216 g/mol. The number of hydrogen-bond donors (Lipinski definition) is 2. The summed E-state index contributed by atoms with van der Waals surface area (Å²) in [5.74, 6) is 0. The molecule has 0 radical (unpaired) electrons. The van der Waals surface area contributed by atoms with Crippen molar-refractivity contribution in [3.63, 3.8) is 0 Å². The van der Waals surface area contributed by atoms with Gasteiger partial charge >= 0.3 is 0 Å². The molecule has 17 heavy (non-hydrogen) atoms. The van der Waals surface area contributed by atoms with Gasteiger partial charge in [-0.2, -0.15) is 0 Å². The predicted molar refractivity (Wildman–Crippen MR) is 67.5 cm³/mol. The normalized spacial score (nSPS) is 16.2. The molecule has 1 aromatic carbocycles. The van der Waals surface area contributed by atoms with Gasteiger partial charge in [0.05, 0.1) is 18.8 Å². The van der Waals surface area contributed by atoms with E-state index in [4.69, 9.17) is 9.84 Å². The molecule has 2 atom stereocenters. The van der Waals surface area contributed by atoms with Crippen molar-refractivity contribution in [1.82, 2.24) is 0 Å². The highest BCUT2D eigenvalue weighted by atomic mass is 16.5. The minimum Gasteiger partial charge on any atom is -0.394 e. The molecule has 1 rings (SSSR count). The molecule has 0 spiro atoms. The lowest BCUT2D eigenvalue weighted by molar-refractivity contribution is -0.132. The fourth-order valence-electron chi connectivity index (χ4n) is 1.59. The van der Waals surface area contributed by atoms with Crippen LogP contribution in [0.25, 0.3) is 0 Å². The molecule has 0 aliphatic carbocycles. The Morgan fingerprint density at radius 1 is 1.41 bits per heavy atom. The van der Waals surface area contributed by atoms with Crippen LogP contribution in [-0.4, -0.2) is 28.5 Å². The van der Waals surface area contributed by atoms with E-state index in [1.807, 2.05) is 30.3 Å². The van der Waals surface area contributed by atoms with Crippen molar-refractivity contribution in [3.8, 4) is 0 Å². The monoisotopic (exact) mass is 236 g/mol. The van der Waals surface area contributed by atoms with Crippen molar-refractivity contribution >= 4 is 0 Å². The third kappa shape index (κ3) is 3.97. The summed E-state index contributed by atoms with van der Waals surface area (Å²) in [6.45, 7) is 5.51. The Morgan fingerprint density at radius 3 is 2.59 bits per heavy atom. The van der Waals surface area contributed by atoms with Crippen molar-refractivity contribution in [2.24, 2.45) is 0 Å². The van der Waals surface area contributed by atoms with Crippen molar-refractivity contribution in [2.75, 3.05) is 6.61 Å². The summed E-state index contributed by atoms with van der Waals surface area (Å²) in [5, 5.41) is 18.8. The molecule has 94 valence electrons. The van der Waals surface area contributed by atoms with E-state index in [1.54, 1.807) is 13.0 Å². The van der Waals surface area contributed by atoms with Crippen molar-refractivity contribution in [3.05, 3.63) is 48.6 Å². The van der Waals surface area contributed by atoms with E-state index in [0.29, 0.717) is 13.0 Å². The number of benzene rings is 1. The molecule has 0 bridgehead atoms. The molecular formula is C14H20O3. The van der Waals surface area contributed by atoms with Crippen LogP contribution in [0.4, 0.5) is 0 Å². The van der Waals surface area contributed by atoms with Gasteiger partial charge in [0.2, 0.25) is 0 Å². The fourth-order valence-corrected chi connectivity index (χ4v) is 1.59. The summed E-state index contributed by atoms with van der Waals surface area (Å²) in [5.41, 5.74) is 0.236. The average Bonchev–Trinajstić information content (AvgIpc) is 2.37. The summed E-state index contributed by atoms with van der Waals surface area (Å²) in [6.07, 6.45) is 1.26. The molecule has 1 aromatic rings. The molecule has 0 fully saturated rings. The van der Waals surface area contributed by atoms with Crippen LogP contribution >= 0.6 is 0 Å². The molecule has 0 amide bonds. The maximum atomic E-state index is 9.76. The molecule has 2 N–H and O–H groups in total. The van der Waals surface area contributed by atoms with Crippen molar-refractivity contribution in [2.45, 2.75) is 31.7 Å². The molecule has 0 aliphatic rings. The number of aliphatic hydroxyl groups is 2. The number of rotatable bonds is 7. The third-order valence-electron chi connectivity index (χ3n) is 2.84. The Kier molecular flexibility index (Phi) is 5.35. The summed E-state index contributed by atoms with van der Waals surface area (Å²) in [4.78, 5) is 0. The smallest absolute Gasteiger partial charge is 0.106 e. The Balaban J connectivity index is 2.64. The standard InChI is InChI=1S/C14H20O3/c1-3-9-14(2,13(16)10-15)17-11-12-7-5-4-6-8-12/h3-8,13,15-16H,1,9-11H2,2H3/t13-,14+/m1/s1. The minimum absolute atomic E-state index is 0.320. The highest BCUT2D eigenvalue weighted by Crippen LogP contribution is 2.22. The Labute approximate surface area is 102 Å². The van der Waals surface area contributed by atoms with E-state index in [-0.39, 0.29) is 6.61 Å². The lowest BCUT2D eigenvalue weighted by Gasteiger charge is -2.32. The Hall–Kier alpha value is -1.16. The first-order chi connectivity index (χ1) is 8.12. The zero-order valence-corrected chi connectivity index (χ0v) is 10.2. The van der Waals surface area contributed by atoms with E-state index in [2.05, 4.69) is 6.58 Å². The molecule has 3 nitrogen and oxygen atoms in total. The van der Waals surface area contributed by atoms with E-state index in [0.717, 1.165) is 5.56 Å². The van der Waals surface area contributed by atoms with Crippen LogP contribution in [0.3, 0.4) is 0 Å². The zero-order valence-electron chi connectivity index (χ0n) is 10.2. The van der Waals surface area contributed by atoms with Gasteiger partial charge in [0, 0.05) is 0 Å². The van der Waals surface area contributed by atoms with E-state index < -0.39 is 11.7 Å².